The Morgan fingerprint density at radius 1 is 1.44 bits per heavy atom. The van der Waals surface area contributed by atoms with Gasteiger partial charge in [-0.25, -0.2) is 0 Å². The number of nitrogens with two attached hydrogens (primary N) is 1. The van der Waals surface area contributed by atoms with Gasteiger partial charge in [0.1, 0.15) is 0 Å². The molecule has 0 aliphatic rings. The van der Waals surface area contributed by atoms with Gasteiger partial charge in [-0.2, -0.15) is 5.26 Å². The van der Waals surface area contributed by atoms with Crippen LogP contribution in [0.4, 0.5) is 0 Å². The Balaban J connectivity index is 0.00000289. The molecule has 0 spiro atoms. The molecule has 4 nitrogen and oxygen atoms in total. The van der Waals surface area contributed by atoms with Gasteiger partial charge in [0.25, 0.3) is 0 Å². The van der Waals surface area contributed by atoms with Gasteiger partial charge in [0.05, 0.1) is 18.7 Å². The molecule has 0 aliphatic carbocycles. The topological polar surface area (TPSA) is 79.3 Å². The van der Waals surface area contributed by atoms with Crippen molar-refractivity contribution in [2.75, 3.05) is 7.11 Å². The molecule has 18 heavy (non-hydrogen) atoms. The normalized spacial score (nSPS) is 11.6. The van der Waals surface area contributed by atoms with E-state index in [0.29, 0.717) is 29.2 Å². The highest BCUT2D eigenvalue weighted by Crippen LogP contribution is 2.37. The smallest absolute Gasteiger partial charge is 0.163 e. The molecule has 0 radical (unpaired) electrons. The van der Waals surface area contributed by atoms with Crippen LogP contribution in [0.3, 0.4) is 0 Å². The zero-order valence-corrected chi connectivity index (χ0v) is 11.6. The molecule has 0 fully saturated rings. The Labute approximate surface area is 114 Å². The van der Waals surface area contributed by atoms with Crippen LogP contribution in [0.5, 0.6) is 11.5 Å². The third-order valence-electron chi connectivity index (χ3n) is 2.62. The third kappa shape index (κ3) is 3.52. The third-order valence-corrected chi connectivity index (χ3v) is 2.62. The standard InChI is InChI=1S/C13H18N2O2.ClH/c1-8(2)6-10(15)12-9(7-14)4-5-11(17-3)13(12)16;/h4-5,8,10,16H,6,15H2,1-3H3;1H/t10-;/m0./s1. The van der Waals surface area contributed by atoms with Crippen LogP contribution in [-0.2, 0) is 0 Å². The number of nitriles is 1. The highest BCUT2D eigenvalue weighted by atomic mass is 35.5. The van der Waals surface area contributed by atoms with E-state index in [1.54, 1.807) is 12.1 Å². The van der Waals surface area contributed by atoms with Crippen LogP contribution in [0.15, 0.2) is 12.1 Å². The van der Waals surface area contributed by atoms with Crippen LogP contribution in [0, 0.1) is 17.2 Å². The van der Waals surface area contributed by atoms with Gasteiger partial charge in [-0.15, -0.1) is 12.4 Å². The Hall–Kier alpha value is -1.44. The maximum Gasteiger partial charge on any atom is 0.163 e. The first kappa shape index (κ1) is 16.6. The van der Waals surface area contributed by atoms with Gasteiger partial charge in [0, 0.05) is 11.6 Å². The summed E-state index contributed by atoms with van der Waals surface area (Å²) in [6, 6.07) is 4.87. The SMILES string of the molecule is COc1ccc(C#N)c([C@@H](N)CC(C)C)c1O.Cl. The number of hydrogen-bond acceptors (Lipinski definition) is 4. The molecule has 1 aromatic rings. The monoisotopic (exact) mass is 270 g/mol. The number of ether oxygens (including phenoxy) is 1. The summed E-state index contributed by atoms with van der Waals surface area (Å²) in [5.41, 5.74) is 6.90. The highest BCUT2D eigenvalue weighted by Gasteiger charge is 2.20. The van der Waals surface area contributed by atoms with E-state index in [-0.39, 0.29) is 24.2 Å². The van der Waals surface area contributed by atoms with Crippen LogP contribution < -0.4 is 10.5 Å². The number of hydrogen-bond donors (Lipinski definition) is 2. The van der Waals surface area contributed by atoms with Crippen molar-refractivity contribution >= 4 is 12.4 Å². The van der Waals surface area contributed by atoms with Crippen LogP contribution >= 0.6 is 12.4 Å². The average Bonchev–Trinajstić information content (AvgIpc) is 2.27. The molecular formula is C13H19ClN2O2. The fraction of sp³-hybridized carbons (Fsp3) is 0.462. The number of halogens is 1. The Morgan fingerprint density at radius 2 is 2.06 bits per heavy atom. The second kappa shape index (κ2) is 7.10. The van der Waals surface area contributed by atoms with Crippen molar-refractivity contribution in [3.05, 3.63) is 23.3 Å². The second-order valence-corrected chi connectivity index (χ2v) is 4.43. The van der Waals surface area contributed by atoms with Gasteiger partial charge in [-0.3, -0.25) is 0 Å². The Bertz CT molecular complexity index is 441. The van der Waals surface area contributed by atoms with Crippen LogP contribution in [-0.4, -0.2) is 12.2 Å². The molecule has 100 valence electrons. The van der Waals surface area contributed by atoms with Crippen molar-refractivity contribution in [2.24, 2.45) is 11.7 Å². The van der Waals surface area contributed by atoms with Gasteiger partial charge < -0.3 is 15.6 Å². The fourth-order valence-corrected chi connectivity index (χ4v) is 1.85. The van der Waals surface area contributed by atoms with E-state index in [1.807, 2.05) is 19.9 Å². The molecule has 1 atom stereocenters. The van der Waals surface area contributed by atoms with Crippen LogP contribution in [0.2, 0.25) is 0 Å². The van der Waals surface area contributed by atoms with Gasteiger partial charge >= 0.3 is 0 Å². The van der Waals surface area contributed by atoms with Gasteiger partial charge in [0.2, 0.25) is 0 Å². The first-order chi connectivity index (χ1) is 8.01. The largest absolute Gasteiger partial charge is 0.504 e. The lowest BCUT2D eigenvalue weighted by atomic mass is 9.93. The molecular weight excluding hydrogens is 252 g/mol. The summed E-state index contributed by atoms with van der Waals surface area (Å²) in [6.45, 7) is 4.09. The molecule has 0 unspecified atom stereocenters. The summed E-state index contributed by atoms with van der Waals surface area (Å²) in [6.07, 6.45) is 0.704. The number of phenolic OH excluding ortho intramolecular Hbond substituents is 1. The summed E-state index contributed by atoms with van der Waals surface area (Å²) in [5.74, 6) is 0.708. The number of aromatic hydroxyl groups is 1. The van der Waals surface area contributed by atoms with Crippen molar-refractivity contribution in [2.45, 2.75) is 26.3 Å². The molecule has 0 saturated carbocycles. The summed E-state index contributed by atoms with van der Waals surface area (Å²) < 4.78 is 5.03. The minimum atomic E-state index is -0.361. The van der Waals surface area contributed by atoms with E-state index in [4.69, 9.17) is 15.7 Å². The zero-order valence-electron chi connectivity index (χ0n) is 10.8. The minimum absolute atomic E-state index is 0. The number of rotatable bonds is 4. The molecule has 0 bridgehead atoms. The number of phenols is 1. The first-order valence-electron chi connectivity index (χ1n) is 5.56. The molecule has 1 aromatic carbocycles. The predicted octanol–water partition coefficient (Wildman–Crippen LogP) is 2.74. The summed E-state index contributed by atoms with van der Waals surface area (Å²) in [7, 11) is 1.47. The lowest BCUT2D eigenvalue weighted by molar-refractivity contribution is 0.365. The quantitative estimate of drug-likeness (QED) is 0.882. The molecule has 1 rings (SSSR count). The van der Waals surface area contributed by atoms with Gasteiger partial charge in [0.15, 0.2) is 11.5 Å². The summed E-state index contributed by atoms with van der Waals surface area (Å²) in [5, 5.41) is 19.1. The first-order valence-corrected chi connectivity index (χ1v) is 5.56. The van der Waals surface area contributed by atoms with E-state index in [0.717, 1.165) is 0 Å². The molecule has 0 aliphatic heterocycles. The minimum Gasteiger partial charge on any atom is -0.504 e. The van der Waals surface area contributed by atoms with Crippen molar-refractivity contribution in [1.82, 2.24) is 0 Å². The fourth-order valence-electron chi connectivity index (χ4n) is 1.85. The van der Waals surface area contributed by atoms with Crippen LogP contribution in [0.25, 0.3) is 0 Å². The lowest BCUT2D eigenvalue weighted by Crippen LogP contribution is -2.15. The van der Waals surface area contributed by atoms with E-state index < -0.39 is 0 Å². The number of benzene rings is 1. The molecule has 5 heteroatoms. The lowest BCUT2D eigenvalue weighted by Gasteiger charge is -2.18. The highest BCUT2D eigenvalue weighted by molar-refractivity contribution is 5.85. The van der Waals surface area contributed by atoms with E-state index >= 15 is 0 Å². The van der Waals surface area contributed by atoms with E-state index in [2.05, 4.69) is 0 Å². The van der Waals surface area contributed by atoms with Gasteiger partial charge in [-0.1, -0.05) is 13.8 Å². The number of methoxy groups -OCH3 is 1. The average molecular weight is 271 g/mol. The molecule has 3 N–H and O–H groups in total. The van der Waals surface area contributed by atoms with Gasteiger partial charge in [-0.05, 0) is 24.5 Å². The Morgan fingerprint density at radius 3 is 2.50 bits per heavy atom. The van der Waals surface area contributed by atoms with Crippen molar-refractivity contribution in [3.8, 4) is 17.6 Å². The zero-order chi connectivity index (χ0) is 13.0. The molecule has 0 aromatic heterocycles. The maximum absolute atomic E-state index is 10.0. The molecule has 0 amide bonds. The second-order valence-electron chi connectivity index (χ2n) is 4.43. The predicted molar refractivity (Wildman–Crippen MR) is 73.0 cm³/mol. The van der Waals surface area contributed by atoms with E-state index in [9.17, 15) is 5.11 Å². The molecule has 0 saturated heterocycles. The Kier molecular flexibility index (Phi) is 6.53. The summed E-state index contributed by atoms with van der Waals surface area (Å²) >= 11 is 0. The molecule has 0 heterocycles. The van der Waals surface area contributed by atoms with Crippen molar-refractivity contribution in [3.63, 3.8) is 0 Å². The maximum atomic E-state index is 10.0. The van der Waals surface area contributed by atoms with Crippen LogP contribution in [0.1, 0.15) is 37.4 Å². The van der Waals surface area contributed by atoms with E-state index in [1.165, 1.54) is 7.11 Å². The number of nitrogens with zero attached hydrogens (tertiary/aromatic N) is 1. The van der Waals surface area contributed by atoms with Crippen molar-refractivity contribution in [1.29, 1.82) is 5.26 Å². The van der Waals surface area contributed by atoms with Crippen molar-refractivity contribution < 1.29 is 9.84 Å². The summed E-state index contributed by atoms with van der Waals surface area (Å²) in [4.78, 5) is 0.